The Morgan fingerprint density at radius 3 is 2.55 bits per heavy atom. The van der Waals surface area contributed by atoms with Crippen molar-refractivity contribution in [3.05, 3.63) is 51.2 Å². The molecule has 0 amide bonds. The Kier molecular flexibility index (Phi) is 4.82. The predicted octanol–water partition coefficient (Wildman–Crippen LogP) is 4.31. The fourth-order valence-electron chi connectivity index (χ4n) is 1.67. The van der Waals surface area contributed by atoms with Gasteiger partial charge in [0.1, 0.15) is 0 Å². The summed E-state index contributed by atoms with van der Waals surface area (Å²) in [6.45, 7) is 0. The SMILES string of the molecule is COc1ccc(C=CC(=O)c2sccc2Cl)cc1OC. The molecule has 0 spiro atoms. The van der Waals surface area contributed by atoms with Crippen LogP contribution in [0.25, 0.3) is 6.08 Å². The zero-order valence-corrected chi connectivity index (χ0v) is 12.6. The van der Waals surface area contributed by atoms with Gasteiger partial charge in [-0.2, -0.15) is 0 Å². The molecule has 0 aliphatic carbocycles. The van der Waals surface area contributed by atoms with Gasteiger partial charge in [-0.3, -0.25) is 4.79 Å². The summed E-state index contributed by atoms with van der Waals surface area (Å²) in [5.74, 6) is 1.16. The van der Waals surface area contributed by atoms with Gasteiger partial charge in [-0.1, -0.05) is 23.7 Å². The number of ether oxygens (including phenoxy) is 2. The van der Waals surface area contributed by atoms with Gasteiger partial charge in [-0.05, 0) is 35.2 Å². The van der Waals surface area contributed by atoms with Crippen LogP contribution in [0.5, 0.6) is 11.5 Å². The molecule has 0 radical (unpaired) electrons. The van der Waals surface area contributed by atoms with Gasteiger partial charge in [0.25, 0.3) is 0 Å². The van der Waals surface area contributed by atoms with Gasteiger partial charge >= 0.3 is 0 Å². The summed E-state index contributed by atoms with van der Waals surface area (Å²) in [7, 11) is 3.15. The van der Waals surface area contributed by atoms with Crippen molar-refractivity contribution in [2.24, 2.45) is 0 Å². The monoisotopic (exact) mass is 308 g/mol. The van der Waals surface area contributed by atoms with Crippen LogP contribution in [0.1, 0.15) is 15.2 Å². The van der Waals surface area contributed by atoms with Gasteiger partial charge in [0.2, 0.25) is 0 Å². The van der Waals surface area contributed by atoms with Gasteiger partial charge in [0.15, 0.2) is 17.3 Å². The number of halogens is 1. The number of hydrogen-bond acceptors (Lipinski definition) is 4. The fourth-order valence-corrected chi connectivity index (χ4v) is 2.74. The van der Waals surface area contributed by atoms with Crippen LogP contribution >= 0.6 is 22.9 Å². The lowest BCUT2D eigenvalue weighted by Gasteiger charge is -2.07. The molecule has 1 aromatic heterocycles. The number of thiophene rings is 1. The highest BCUT2D eigenvalue weighted by atomic mass is 35.5. The number of hydrogen-bond donors (Lipinski definition) is 0. The second-order valence-electron chi connectivity index (χ2n) is 3.91. The second-order valence-corrected chi connectivity index (χ2v) is 5.23. The van der Waals surface area contributed by atoms with Crippen LogP contribution in [0.15, 0.2) is 35.7 Å². The normalized spacial score (nSPS) is 10.8. The molecule has 5 heteroatoms. The van der Waals surface area contributed by atoms with Crippen molar-refractivity contribution < 1.29 is 14.3 Å². The Labute approximate surface area is 126 Å². The zero-order chi connectivity index (χ0) is 14.5. The van der Waals surface area contributed by atoms with Crippen molar-refractivity contribution >= 4 is 34.8 Å². The Bertz CT molecular complexity index is 646. The Hall–Kier alpha value is -1.78. The third-order valence-corrected chi connectivity index (χ3v) is 4.03. The van der Waals surface area contributed by atoms with Gasteiger partial charge in [0, 0.05) is 0 Å². The molecular weight excluding hydrogens is 296 g/mol. The number of allylic oxidation sites excluding steroid dienone is 1. The molecule has 1 heterocycles. The van der Waals surface area contributed by atoms with E-state index >= 15 is 0 Å². The average Bonchev–Trinajstić information content (AvgIpc) is 2.90. The molecular formula is C15H13ClO3S. The van der Waals surface area contributed by atoms with E-state index in [0.717, 1.165) is 5.56 Å². The summed E-state index contributed by atoms with van der Waals surface area (Å²) < 4.78 is 10.4. The van der Waals surface area contributed by atoms with Crippen LogP contribution in [0.2, 0.25) is 5.02 Å². The maximum Gasteiger partial charge on any atom is 0.197 e. The molecule has 0 aliphatic rings. The van der Waals surface area contributed by atoms with E-state index in [1.54, 1.807) is 43.9 Å². The first kappa shape index (κ1) is 14.6. The highest BCUT2D eigenvalue weighted by molar-refractivity contribution is 7.13. The molecule has 0 aliphatic heterocycles. The number of benzene rings is 1. The highest BCUT2D eigenvalue weighted by Gasteiger charge is 2.08. The third-order valence-electron chi connectivity index (χ3n) is 2.68. The van der Waals surface area contributed by atoms with Crippen LogP contribution in [0.3, 0.4) is 0 Å². The van der Waals surface area contributed by atoms with Gasteiger partial charge < -0.3 is 9.47 Å². The Morgan fingerprint density at radius 2 is 1.95 bits per heavy atom. The van der Waals surface area contributed by atoms with Gasteiger partial charge in [0.05, 0.1) is 24.1 Å². The van der Waals surface area contributed by atoms with E-state index in [1.165, 1.54) is 17.4 Å². The average molecular weight is 309 g/mol. The number of carbonyl (C=O) groups excluding carboxylic acids is 1. The lowest BCUT2D eigenvalue weighted by atomic mass is 10.1. The highest BCUT2D eigenvalue weighted by Crippen LogP contribution is 2.28. The van der Waals surface area contributed by atoms with Crippen LogP contribution in [-0.4, -0.2) is 20.0 Å². The molecule has 0 fully saturated rings. The number of carbonyl (C=O) groups is 1. The fraction of sp³-hybridized carbons (Fsp3) is 0.133. The zero-order valence-electron chi connectivity index (χ0n) is 11.1. The maximum absolute atomic E-state index is 12.0. The molecule has 0 saturated heterocycles. The van der Waals surface area contributed by atoms with Crippen molar-refractivity contribution in [1.29, 1.82) is 0 Å². The quantitative estimate of drug-likeness (QED) is 0.610. The minimum absolute atomic E-state index is 0.111. The maximum atomic E-state index is 12.0. The summed E-state index contributed by atoms with van der Waals surface area (Å²) >= 11 is 7.25. The van der Waals surface area contributed by atoms with E-state index in [4.69, 9.17) is 21.1 Å². The van der Waals surface area contributed by atoms with Crippen molar-refractivity contribution in [2.75, 3.05) is 14.2 Å². The molecule has 2 rings (SSSR count). The molecule has 3 nitrogen and oxygen atoms in total. The van der Waals surface area contributed by atoms with Crippen molar-refractivity contribution in [2.45, 2.75) is 0 Å². The van der Waals surface area contributed by atoms with E-state index < -0.39 is 0 Å². The molecule has 0 unspecified atom stereocenters. The van der Waals surface area contributed by atoms with Crippen LogP contribution in [-0.2, 0) is 0 Å². The molecule has 1 aromatic carbocycles. The summed E-state index contributed by atoms with van der Waals surface area (Å²) in [5, 5.41) is 2.27. The molecule has 0 saturated carbocycles. The summed E-state index contributed by atoms with van der Waals surface area (Å²) in [6.07, 6.45) is 3.22. The van der Waals surface area contributed by atoms with Crippen LogP contribution in [0.4, 0.5) is 0 Å². The predicted molar refractivity (Wildman–Crippen MR) is 82.2 cm³/mol. The van der Waals surface area contributed by atoms with Gasteiger partial charge in [-0.25, -0.2) is 0 Å². The van der Waals surface area contributed by atoms with Crippen molar-refractivity contribution in [3.63, 3.8) is 0 Å². The van der Waals surface area contributed by atoms with Crippen molar-refractivity contribution in [3.8, 4) is 11.5 Å². The molecule has 0 N–H and O–H groups in total. The first-order valence-electron chi connectivity index (χ1n) is 5.83. The first-order valence-corrected chi connectivity index (χ1v) is 7.09. The molecule has 0 bridgehead atoms. The minimum Gasteiger partial charge on any atom is -0.493 e. The smallest absolute Gasteiger partial charge is 0.197 e. The lowest BCUT2D eigenvalue weighted by molar-refractivity contribution is 0.105. The standard InChI is InChI=1S/C15H13ClO3S/c1-18-13-6-4-10(9-14(13)19-2)3-5-12(17)15-11(16)7-8-20-15/h3-9H,1-2H3. The summed E-state index contributed by atoms with van der Waals surface area (Å²) in [5.41, 5.74) is 0.851. The minimum atomic E-state index is -0.111. The number of rotatable bonds is 5. The van der Waals surface area contributed by atoms with Crippen LogP contribution < -0.4 is 9.47 Å². The molecule has 0 atom stereocenters. The number of methoxy groups -OCH3 is 2. The Balaban J connectivity index is 2.19. The summed E-state index contributed by atoms with van der Waals surface area (Å²) in [6, 6.07) is 7.16. The summed E-state index contributed by atoms with van der Waals surface area (Å²) in [4.78, 5) is 12.5. The van der Waals surface area contributed by atoms with Crippen LogP contribution in [0, 0.1) is 0 Å². The Morgan fingerprint density at radius 1 is 1.20 bits per heavy atom. The molecule has 2 aromatic rings. The van der Waals surface area contributed by atoms with E-state index in [0.29, 0.717) is 21.4 Å². The topological polar surface area (TPSA) is 35.5 Å². The third kappa shape index (κ3) is 3.21. The van der Waals surface area contributed by atoms with E-state index in [9.17, 15) is 4.79 Å². The second kappa shape index (κ2) is 6.59. The van der Waals surface area contributed by atoms with E-state index in [-0.39, 0.29) is 5.78 Å². The van der Waals surface area contributed by atoms with Crippen molar-refractivity contribution in [1.82, 2.24) is 0 Å². The molecule has 20 heavy (non-hydrogen) atoms. The lowest BCUT2D eigenvalue weighted by Crippen LogP contribution is -1.92. The first-order chi connectivity index (χ1) is 9.65. The van der Waals surface area contributed by atoms with E-state index in [1.807, 2.05) is 6.07 Å². The number of ketones is 1. The van der Waals surface area contributed by atoms with E-state index in [2.05, 4.69) is 0 Å². The molecule has 104 valence electrons. The largest absolute Gasteiger partial charge is 0.493 e. The van der Waals surface area contributed by atoms with Gasteiger partial charge in [-0.15, -0.1) is 11.3 Å².